The molecule has 2 rings (SSSR count). The summed E-state index contributed by atoms with van der Waals surface area (Å²) >= 11 is 0. The van der Waals surface area contributed by atoms with Gasteiger partial charge in [-0.05, 0) is 31.5 Å². The van der Waals surface area contributed by atoms with E-state index in [0.29, 0.717) is 0 Å². The van der Waals surface area contributed by atoms with Crippen molar-refractivity contribution in [2.75, 3.05) is 0 Å². The van der Waals surface area contributed by atoms with E-state index in [2.05, 4.69) is 5.16 Å². The van der Waals surface area contributed by atoms with Crippen LogP contribution in [-0.4, -0.2) is 5.16 Å². The van der Waals surface area contributed by atoms with Crippen LogP contribution in [0.15, 0.2) is 22.7 Å². The molecule has 0 saturated heterocycles. The Hall–Kier alpha value is -1.35. The van der Waals surface area contributed by atoms with Crippen molar-refractivity contribution >= 4 is 10.9 Å². The number of aromatic nitrogens is 1. The summed E-state index contributed by atoms with van der Waals surface area (Å²) in [6.07, 6.45) is 0. The molecule has 1 heterocycles. The van der Waals surface area contributed by atoms with Gasteiger partial charge in [0, 0.05) is 11.4 Å². The average Bonchev–Trinajstić information content (AvgIpc) is 2.47. The van der Waals surface area contributed by atoms with Crippen molar-refractivity contribution in [1.29, 1.82) is 0 Å². The van der Waals surface area contributed by atoms with Gasteiger partial charge >= 0.3 is 0 Å². The lowest BCUT2D eigenvalue weighted by Crippen LogP contribution is -2.04. The fourth-order valence-electron chi connectivity index (χ4n) is 1.37. The zero-order chi connectivity index (χ0) is 9.42. The van der Waals surface area contributed by atoms with Crippen LogP contribution in [0.4, 0.5) is 0 Å². The largest absolute Gasteiger partial charge is 0.360 e. The number of fused-ring (bicyclic) bond motifs is 1. The molecular formula is C10H12N2O. The molecule has 0 radical (unpaired) electrons. The van der Waals surface area contributed by atoms with Gasteiger partial charge in [0.15, 0.2) is 0 Å². The van der Waals surface area contributed by atoms with E-state index >= 15 is 0 Å². The van der Waals surface area contributed by atoms with E-state index in [1.54, 1.807) is 0 Å². The van der Waals surface area contributed by atoms with Crippen LogP contribution in [0.25, 0.3) is 10.9 Å². The van der Waals surface area contributed by atoms with Crippen LogP contribution in [0, 0.1) is 6.92 Å². The van der Waals surface area contributed by atoms with Crippen molar-refractivity contribution < 1.29 is 4.52 Å². The number of benzene rings is 1. The molecule has 1 aromatic heterocycles. The molecule has 3 heteroatoms. The van der Waals surface area contributed by atoms with Crippen molar-refractivity contribution in [2.45, 2.75) is 19.9 Å². The molecule has 0 spiro atoms. The zero-order valence-electron chi connectivity index (χ0n) is 7.74. The number of hydrogen-bond acceptors (Lipinski definition) is 3. The minimum atomic E-state index is 0.0430. The second kappa shape index (κ2) is 2.85. The first-order valence-electron chi connectivity index (χ1n) is 4.30. The van der Waals surface area contributed by atoms with Gasteiger partial charge in [-0.15, -0.1) is 0 Å². The minimum Gasteiger partial charge on any atom is -0.360 e. The molecule has 1 aromatic carbocycles. The first-order valence-corrected chi connectivity index (χ1v) is 4.30. The van der Waals surface area contributed by atoms with Crippen LogP contribution in [0.5, 0.6) is 0 Å². The lowest BCUT2D eigenvalue weighted by molar-refractivity contribution is 0.405. The van der Waals surface area contributed by atoms with Crippen molar-refractivity contribution in [3.63, 3.8) is 0 Å². The summed E-state index contributed by atoms with van der Waals surface area (Å²) in [5.41, 5.74) is 7.72. The van der Waals surface area contributed by atoms with E-state index in [4.69, 9.17) is 10.3 Å². The third kappa shape index (κ3) is 1.31. The van der Waals surface area contributed by atoms with Gasteiger partial charge in [0.25, 0.3) is 0 Å². The van der Waals surface area contributed by atoms with Gasteiger partial charge in [-0.25, -0.2) is 0 Å². The summed E-state index contributed by atoms with van der Waals surface area (Å²) in [6.45, 7) is 3.86. The van der Waals surface area contributed by atoms with Crippen molar-refractivity contribution in [1.82, 2.24) is 5.16 Å². The second-order valence-corrected chi connectivity index (χ2v) is 3.30. The van der Waals surface area contributed by atoms with Gasteiger partial charge < -0.3 is 10.3 Å². The van der Waals surface area contributed by atoms with Crippen molar-refractivity contribution in [2.24, 2.45) is 5.73 Å². The Bertz CT molecular complexity index is 431. The van der Waals surface area contributed by atoms with Gasteiger partial charge in [0.05, 0.1) is 0 Å². The fraction of sp³-hybridized carbons (Fsp3) is 0.300. The Morgan fingerprint density at radius 2 is 2.23 bits per heavy atom. The highest BCUT2D eigenvalue weighted by atomic mass is 16.5. The first kappa shape index (κ1) is 8.26. The molecule has 3 nitrogen and oxygen atoms in total. The maximum Gasteiger partial charge on any atom is 0.141 e. The summed E-state index contributed by atoms with van der Waals surface area (Å²) in [6, 6.07) is 6.02. The summed E-state index contributed by atoms with van der Waals surface area (Å²) in [4.78, 5) is 0. The second-order valence-electron chi connectivity index (χ2n) is 3.30. The lowest BCUT2D eigenvalue weighted by atomic mass is 10.1. The van der Waals surface area contributed by atoms with Crippen LogP contribution >= 0.6 is 0 Å². The van der Waals surface area contributed by atoms with Crippen LogP contribution in [0.2, 0.25) is 0 Å². The summed E-state index contributed by atoms with van der Waals surface area (Å²) in [5.74, 6) is 0.853. The Morgan fingerprint density at radius 3 is 2.92 bits per heavy atom. The van der Waals surface area contributed by atoms with Gasteiger partial charge in [-0.2, -0.15) is 0 Å². The van der Waals surface area contributed by atoms with Crippen molar-refractivity contribution in [3.8, 4) is 0 Å². The monoisotopic (exact) mass is 176 g/mol. The summed E-state index contributed by atoms with van der Waals surface area (Å²) in [7, 11) is 0. The van der Waals surface area contributed by atoms with E-state index in [1.807, 2.05) is 32.0 Å². The molecule has 1 atom stereocenters. The summed E-state index contributed by atoms with van der Waals surface area (Å²) < 4.78 is 5.06. The molecule has 68 valence electrons. The topological polar surface area (TPSA) is 52.0 Å². The normalized spacial score (nSPS) is 13.5. The van der Waals surface area contributed by atoms with Crippen LogP contribution < -0.4 is 5.73 Å². The Labute approximate surface area is 76.5 Å². The molecule has 0 aliphatic carbocycles. The molecule has 0 fully saturated rings. The zero-order valence-corrected chi connectivity index (χ0v) is 7.74. The molecule has 2 aromatic rings. The van der Waals surface area contributed by atoms with E-state index in [9.17, 15) is 0 Å². The predicted molar refractivity (Wildman–Crippen MR) is 51.3 cm³/mol. The van der Waals surface area contributed by atoms with E-state index in [0.717, 1.165) is 22.2 Å². The number of rotatable bonds is 1. The third-order valence-corrected chi connectivity index (χ3v) is 2.21. The molecule has 0 saturated carbocycles. The van der Waals surface area contributed by atoms with E-state index < -0.39 is 0 Å². The number of aryl methyl sites for hydroxylation is 1. The average molecular weight is 176 g/mol. The van der Waals surface area contributed by atoms with Gasteiger partial charge in [0.2, 0.25) is 0 Å². The maximum atomic E-state index is 5.75. The number of nitrogens with two attached hydrogens (primary N) is 1. The molecular weight excluding hydrogens is 164 g/mol. The number of hydrogen-bond donors (Lipinski definition) is 1. The van der Waals surface area contributed by atoms with Crippen LogP contribution in [0.3, 0.4) is 0 Å². The fourth-order valence-corrected chi connectivity index (χ4v) is 1.37. The van der Waals surface area contributed by atoms with Crippen LogP contribution in [-0.2, 0) is 0 Å². The summed E-state index contributed by atoms with van der Waals surface area (Å²) in [5, 5.41) is 4.99. The van der Waals surface area contributed by atoms with Crippen molar-refractivity contribution in [3.05, 3.63) is 29.5 Å². The van der Waals surface area contributed by atoms with E-state index in [-0.39, 0.29) is 6.04 Å². The first-order chi connectivity index (χ1) is 6.18. The van der Waals surface area contributed by atoms with Crippen LogP contribution in [0.1, 0.15) is 24.3 Å². The maximum absolute atomic E-state index is 5.75. The Morgan fingerprint density at radius 1 is 1.46 bits per heavy atom. The molecule has 0 amide bonds. The Balaban J connectivity index is 2.63. The molecule has 13 heavy (non-hydrogen) atoms. The lowest BCUT2D eigenvalue weighted by Gasteiger charge is -2.03. The molecule has 1 unspecified atom stereocenters. The molecule has 0 aliphatic heterocycles. The standard InChI is InChI=1S/C10H12N2O/c1-6(11)8-3-4-9-7(2)13-12-10(9)5-8/h3-6H,11H2,1-2H3. The van der Waals surface area contributed by atoms with E-state index in [1.165, 1.54) is 0 Å². The predicted octanol–water partition coefficient (Wildman–Crippen LogP) is 2.16. The third-order valence-electron chi connectivity index (χ3n) is 2.21. The minimum absolute atomic E-state index is 0.0430. The van der Waals surface area contributed by atoms with Gasteiger partial charge in [-0.1, -0.05) is 11.2 Å². The molecule has 0 aliphatic rings. The highest BCUT2D eigenvalue weighted by Gasteiger charge is 2.06. The quantitative estimate of drug-likeness (QED) is 0.724. The highest BCUT2D eigenvalue weighted by Crippen LogP contribution is 2.20. The highest BCUT2D eigenvalue weighted by molar-refractivity contribution is 5.80. The smallest absolute Gasteiger partial charge is 0.141 e. The van der Waals surface area contributed by atoms with Gasteiger partial charge in [-0.3, -0.25) is 0 Å². The molecule has 0 bridgehead atoms. The number of nitrogens with zero attached hydrogens (tertiary/aromatic N) is 1. The SMILES string of the molecule is Cc1onc2cc(C(C)N)ccc12. The molecule has 2 N–H and O–H groups in total. The van der Waals surface area contributed by atoms with Gasteiger partial charge in [0.1, 0.15) is 11.3 Å². The Kier molecular flexibility index (Phi) is 1.81.